The largest absolute Gasteiger partial charge is 0.454 e. The van der Waals surface area contributed by atoms with Crippen molar-refractivity contribution in [1.82, 2.24) is 14.3 Å². The average Bonchev–Trinajstić information content (AvgIpc) is 3.24. The lowest BCUT2D eigenvalue weighted by molar-refractivity contribution is 0.0815. The van der Waals surface area contributed by atoms with Gasteiger partial charge in [0.2, 0.25) is 0 Å². The Hall–Kier alpha value is -3.35. The van der Waals surface area contributed by atoms with Crippen LogP contribution >= 0.6 is 0 Å². The summed E-state index contributed by atoms with van der Waals surface area (Å²) >= 11 is 0. The van der Waals surface area contributed by atoms with E-state index in [1.165, 1.54) is 21.4 Å². The quantitative estimate of drug-likeness (QED) is 0.188. The number of benzene rings is 2. The Kier molecular flexibility index (Phi) is 8.10. The molecule has 0 aliphatic carbocycles. The molecule has 4 rings (SSSR count). The van der Waals surface area contributed by atoms with Crippen LogP contribution in [0.15, 0.2) is 53.6 Å². The molecule has 0 saturated heterocycles. The van der Waals surface area contributed by atoms with E-state index in [-0.39, 0.29) is 29.5 Å². The molecular weight excluding hydrogens is 544 g/mol. The van der Waals surface area contributed by atoms with Gasteiger partial charge in [-0.2, -0.15) is 5.10 Å². The maximum atomic E-state index is 14.5. The summed E-state index contributed by atoms with van der Waals surface area (Å²) in [5.74, 6) is -1.89. The van der Waals surface area contributed by atoms with Crippen LogP contribution in [-0.2, 0) is 34.1 Å². The summed E-state index contributed by atoms with van der Waals surface area (Å²) in [6.45, 7) is 7.38. The van der Waals surface area contributed by atoms with Gasteiger partial charge in [-0.15, -0.1) is 0 Å². The van der Waals surface area contributed by atoms with E-state index in [0.29, 0.717) is 40.3 Å². The lowest BCUT2D eigenvalue weighted by Crippen LogP contribution is -2.23. The van der Waals surface area contributed by atoms with Gasteiger partial charge in [0.15, 0.2) is 21.4 Å². The molecule has 0 amide bonds. The van der Waals surface area contributed by atoms with E-state index in [1.54, 1.807) is 31.6 Å². The summed E-state index contributed by atoms with van der Waals surface area (Å²) in [5, 5.41) is 4.88. The number of aryl methyl sites for hydroxylation is 1. The summed E-state index contributed by atoms with van der Waals surface area (Å²) in [6, 6.07) is 8.64. The minimum Gasteiger partial charge on any atom is -0.454 e. The number of rotatable bonds is 10. The number of hydrogen-bond acceptors (Lipinski definition) is 6. The number of fused-ring (bicyclic) bond motifs is 1. The van der Waals surface area contributed by atoms with Gasteiger partial charge < -0.3 is 14.0 Å². The summed E-state index contributed by atoms with van der Waals surface area (Å²) in [5.41, 5.74) is 1.42. The van der Waals surface area contributed by atoms with Crippen molar-refractivity contribution in [2.75, 3.05) is 12.9 Å². The fourth-order valence-corrected chi connectivity index (χ4v) is 5.63. The lowest BCUT2D eigenvalue weighted by Gasteiger charge is -2.16. The Morgan fingerprint density at radius 2 is 1.74 bits per heavy atom. The van der Waals surface area contributed by atoms with E-state index in [1.807, 2.05) is 0 Å². The second kappa shape index (κ2) is 11.0. The molecule has 0 aliphatic heterocycles. The van der Waals surface area contributed by atoms with Gasteiger partial charge in [0.25, 0.3) is 5.56 Å². The van der Waals surface area contributed by atoms with Gasteiger partial charge in [0, 0.05) is 56.8 Å². The molecule has 4 aromatic rings. The third-order valence-electron chi connectivity index (χ3n) is 6.06. The summed E-state index contributed by atoms with van der Waals surface area (Å²) in [4.78, 5) is 13.2. The minimum absolute atomic E-state index is 0.0882. The molecule has 0 spiro atoms. The van der Waals surface area contributed by atoms with Crippen LogP contribution in [0.1, 0.15) is 5.56 Å². The monoisotopic (exact) mass is 575 g/mol. The molecule has 39 heavy (non-hydrogen) atoms. The third kappa shape index (κ3) is 7.00. The van der Waals surface area contributed by atoms with Crippen molar-refractivity contribution in [3.63, 3.8) is 0 Å². The van der Waals surface area contributed by atoms with Crippen LogP contribution in [-0.4, -0.2) is 43.7 Å². The Balaban J connectivity index is 1.83. The summed E-state index contributed by atoms with van der Waals surface area (Å²) in [6.07, 6.45) is 4.26. The Morgan fingerprint density at radius 1 is 1.03 bits per heavy atom. The van der Waals surface area contributed by atoms with E-state index in [0.717, 1.165) is 18.4 Å². The summed E-state index contributed by atoms with van der Waals surface area (Å²) in [7, 11) is -3.07. The fraction of sp³-hybridized carbons (Fsp3) is 0.333. The van der Waals surface area contributed by atoms with Crippen LogP contribution in [0.4, 0.5) is 8.78 Å². The molecule has 0 atom stereocenters. The van der Waals surface area contributed by atoms with Crippen LogP contribution in [0.2, 0.25) is 25.7 Å². The molecule has 0 fully saturated rings. The highest BCUT2D eigenvalue weighted by Crippen LogP contribution is 2.38. The highest BCUT2D eigenvalue weighted by molar-refractivity contribution is 7.89. The number of sulfone groups is 1. The number of halogens is 2. The number of pyridine rings is 1. The standard InChI is InChI=1S/C27H31F2N3O5SSi/c1-31-15-22(21-14-30-32(26(21)27(31)33)17-36-10-11-39(3,4)5)20-12-18(16-38(2,34)35)6-8-24(20)37-25-9-7-19(28)13-23(25)29/h6-9,12-15H,10-11,16-17H2,1-5H3. The molecule has 2 aromatic carbocycles. The van der Waals surface area contributed by atoms with Gasteiger partial charge in [-0.1, -0.05) is 25.7 Å². The molecule has 0 radical (unpaired) electrons. The van der Waals surface area contributed by atoms with E-state index >= 15 is 0 Å². The smallest absolute Gasteiger partial charge is 0.276 e. The maximum absolute atomic E-state index is 14.5. The Labute approximate surface area is 226 Å². The topological polar surface area (TPSA) is 92.4 Å². The SMILES string of the molecule is Cn1cc(-c2cc(CS(C)(=O)=O)ccc2Oc2ccc(F)cc2F)c2cnn(COCC[Si](C)(C)C)c2c1=O. The molecule has 8 nitrogen and oxygen atoms in total. The molecule has 2 aromatic heterocycles. The number of nitrogens with zero attached hydrogens (tertiary/aromatic N) is 3. The predicted octanol–water partition coefficient (Wildman–Crippen LogP) is 5.33. The zero-order valence-electron chi connectivity index (χ0n) is 22.5. The van der Waals surface area contributed by atoms with Crippen LogP contribution in [0.25, 0.3) is 22.0 Å². The normalized spacial score (nSPS) is 12.3. The molecule has 0 N–H and O–H groups in total. The first-order valence-electron chi connectivity index (χ1n) is 12.3. The second-order valence-corrected chi connectivity index (χ2v) is 18.6. The minimum atomic E-state index is -3.36. The lowest BCUT2D eigenvalue weighted by atomic mass is 10.0. The molecule has 0 saturated carbocycles. The highest BCUT2D eigenvalue weighted by atomic mass is 32.2. The molecule has 2 heterocycles. The van der Waals surface area contributed by atoms with Crippen molar-refractivity contribution in [2.45, 2.75) is 38.2 Å². The molecule has 0 unspecified atom stereocenters. The van der Waals surface area contributed by atoms with Crippen molar-refractivity contribution in [3.8, 4) is 22.6 Å². The molecule has 0 bridgehead atoms. The van der Waals surface area contributed by atoms with E-state index < -0.39 is 29.5 Å². The van der Waals surface area contributed by atoms with Crippen molar-refractivity contribution < 1.29 is 26.7 Å². The molecule has 208 valence electrons. The first-order valence-corrected chi connectivity index (χ1v) is 18.1. The van der Waals surface area contributed by atoms with Crippen molar-refractivity contribution in [1.29, 1.82) is 0 Å². The third-order valence-corrected chi connectivity index (χ3v) is 8.62. The summed E-state index contributed by atoms with van der Waals surface area (Å²) < 4.78 is 66.5. The predicted molar refractivity (Wildman–Crippen MR) is 149 cm³/mol. The van der Waals surface area contributed by atoms with Gasteiger partial charge in [0.1, 0.15) is 23.8 Å². The average molecular weight is 576 g/mol. The van der Waals surface area contributed by atoms with Gasteiger partial charge in [-0.05, 0) is 35.9 Å². The van der Waals surface area contributed by atoms with Crippen LogP contribution in [0, 0.1) is 11.6 Å². The van der Waals surface area contributed by atoms with Crippen molar-refractivity contribution in [3.05, 3.63) is 76.3 Å². The Bertz CT molecular complexity index is 1690. The molecule has 12 heteroatoms. The second-order valence-electron chi connectivity index (χ2n) is 10.8. The molecule has 0 aliphatic rings. The highest BCUT2D eigenvalue weighted by Gasteiger charge is 2.20. The van der Waals surface area contributed by atoms with Gasteiger partial charge in [-0.3, -0.25) is 4.79 Å². The first kappa shape index (κ1) is 28.6. The van der Waals surface area contributed by atoms with Crippen LogP contribution < -0.4 is 10.3 Å². The molecular formula is C27H31F2N3O5SSi. The van der Waals surface area contributed by atoms with Gasteiger partial charge in [0.05, 0.1) is 11.9 Å². The maximum Gasteiger partial charge on any atom is 0.276 e. The zero-order valence-corrected chi connectivity index (χ0v) is 24.3. The Morgan fingerprint density at radius 3 is 2.41 bits per heavy atom. The van der Waals surface area contributed by atoms with Gasteiger partial charge in [-0.25, -0.2) is 21.9 Å². The van der Waals surface area contributed by atoms with E-state index in [2.05, 4.69) is 24.7 Å². The van der Waals surface area contributed by atoms with Crippen molar-refractivity contribution >= 4 is 28.8 Å². The van der Waals surface area contributed by atoms with Crippen LogP contribution in [0.5, 0.6) is 11.5 Å². The van der Waals surface area contributed by atoms with Crippen molar-refractivity contribution in [2.24, 2.45) is 7.05 Å². The van der Waals surface area contributed by atoms with E-state index in [4.69, 9.17) is 9.47 Å². The first-order chi connectivity index (χ1) is 18.2. The van der Waals surface area contributed by atoms with Gasteiger partial charge >= 0.3 is 0 Å². The number of ether oxygens (including phenoxy) is 2. The fourth-order valence-electron chi connectivity index (χ4n) is 4.08. The zero-order chi connectivity index (χ0) is 28.5. The van der Waals surface area contributed by atoms with Crippen LogP contribution in [0.3, 0.4) is 0 Å². The number of aromatic nitrogens is 3. The van der Waals surface area contributed by atoms with E-state index in [9.17, 15) is 22.0 Å². The number of hydrogen-bond donors (Lipinski definition) is 0.